The average Bonchev–Trinajstić information content (AvgIpc) is 2.20. The van der Waals surface area contributed by atoms with Crippen LogP contribution in [0.2, 0.25) is 0 Å². The molecule has 1 aromatic heterocycles. The van der Waals surface area contributed by atoms with Crippen molar-refractivity contribution in [1.82, 2.24) is 4.98 Å². The van der Waals surface area contributed by atoms with Gasteiger partial charge in [0.05, 0.1) is 0 Å². The first-order valence-corrected chi connectivity index (χ1v) is 5.20. The fourth-order valence-corrected chi connectivity index (χ4v) is 2.14. The minimum Gasteiger partial charge on any atom is -0.300 e. The molecule has 0 saturated heterocycles. The molecule has 1 aliphatic rings. The highest BCUT2D eigenvalue weighted by atomic mass is 16.1. The van der Waals surface area contributed by atoms with Gasteiger partial charge in [-0.15, -0.1) is 0 Å². The topological polar surface area (TPSA) is 30.0 Å². The lowest BCUT2D eigenvalue weighted by molar-refractivity contribution is -0.120. The van der Waals surface area contributed by atoms with E-state index in [1.165, 1.54) is 11.3 Å². The second kappa shape index (κ2) is 3.91. The smallest absolute Gasteiger partial charge is 0.132 e. The molecule has 0 atom stereocenters. The first-order valence-electron chi connectivity index (χ1n) is 5.20. The molecule has 0 bridgehead atoms. The van der Waals surface area contributed by atoms with Crippen LogP contribution in [-0.4, -0.2) is 10.8 Å². The van der Waals surface area contributed by atoms with Crippen molar-refractivity contribution in [1.29, 1.82) is 0 Å². The first kappa shape index (κ1) is 9.38. The van der Waals surface area contributed by atoms with Crippen LogP contribution in [0.1, 0.15) is 42.9 Å². The third-order valence-corrected chi connectivity index (χ3v) is 2.98. The summed E-state index contributed by atoms with van der Waals surface area (Å²) in [7, 11) is 0. The Hall–Kier alpha value is -1.18. The van der Waals surface area contributed by atoms with E-state index in [1.54, 1.807) is 0 Å². The number of carbonyl (C=O) groups is 1. The Bertz CT molecular complexity index is 336. The maximum atomic E-state index is 11.1. The molecule has 1 aromatic rings. The molecule has 2 rings (SSSR count). The highest BCUT2D eigenvalue weighted by Gasteiger charge is 2.21. The number of aryl methyl sites for hydroxylation is 1. The average molecular weight is 189 g/mol. The van der Waals surface area contributed by atoms with Gasteiger partial charge in [0.15, 0.2) is 0 Å². The molecular weight excluding hydrogens is 174 g/mol. The summed E-state index contributed by atoms with van der Waals surface area (Å²) in [6.07, 6.45) is 5.29. The van der Waals surface area contributed by atoms with Gasteiger partial charge in [-0.05, 0) is 31.4 Å². The molecule has 0 aliphatic heterocycles. The molecule has 0 amide bonds. The van der Waals surface area contributed by atoms with E-state index in [-0.39, 0.29) is 0 Å². The van der Waals surface area contributed by atoms with E-state index in [2.05, 4.69) is 18.0 Å². The van der Waals surface area contributed by atoms with Gasteiger partial charge in [-0.3, -0.25) is 9.78 Å². The number of aromatic nitrogens is 1. The van der Waals surface area contributed by atoms with Crippen molar-refractivity contribution < 1.29 is 4.79 Å². The first-order chi connectivity index (χ1) is 6.77. The van der Waals surface area contributed by atoms with Gasteiger partial charge in [0.2, 0.25) is 0 Å². The van der Waals surface area contributed by atoms with Gasteiger partial charge in [0.25, 0.3) is 0 Å². The molecule has 1 aliphatic carbocycles. The molecule has 74 valence electrons. The predicted molar refractivity (Wildman–Crippen MR) is 55.2 cm³/mol. The van der Waals surface area contributed by atoms with Gasteiger partial charge >= 0.3 is 0 Å². The van der Waals surface area contributed by atoms with Crippen LogP contribution in [0.15, 0.2) is 18.3 Å². The van der Waals surface area contributed by atoms with Gasteiger partial charge in [0, 0.05) is 30.7 Å². The molecule has 0 spiro atoms. The molecule has 0 unspecified atom stereocenters. The Kier molecular flexibility index (Phi) is 2.62. The summed E-state index contributed by atoms with van der Waals surface area (Å²) in [5.74, 6) is 0.920. The summed E-state index contributed by atoms with van der Waals surface area (Å²) in [4.78, 5) is 15.5. The number of nitrogens with zero attached hydrogens (tertiary/aromatic N) is 1. The standard InChI is InChI=1S/C12H15NO/c1-9-3-2-8-13-12(9)10-4-6-11(14)7-5-10/h2-3,8,10H,4-7H2,1H3. The molecule has 2 nitrogen and oxygen atoms in total. The number of ketones is 1. The summed E-state index contributed by atoms with van der Waals surface area (Å²) in [5.41, 5.74) is 2.45. The zero-order valence-corrected chi connectivity index (χ0v) is 8.49. The lowest BCUT2D eigenvalue weighted by Crippen LogP contribution is -2.14. The highest BCUT2D eigenvalue weighted by molar-refractivity contribution is 5.79. The zero-order valence-electron chi connectivity index (χ0n) is 8.49. The SMILES string of the molecule is Cc1cccnc1C1CCC(=O)CC1. The molecule has 0 aromatic carbocycles. The summed E-state index contributed by atoms with van der Waals surface area (Å²) in [6.45, 7) is 2.10. The van der Waals surface area contributed by atoms with E-state index in [1.807, 2.05) is 12.3 Å². The molecular formula is C12H15NO. The Morgan fingerprint density at radius 2 is 2.07 bits per heavy atom. The van der Waals surface area contributed by atoms with Gasteiger partial charge < -0.3 is 0 Å². The van der Waals surface area contributed by atoms with E-state index in [9.17, 15) is 4.79 Å². The third-order valence-electron chi connectivity index (χ3n) is 2.98. The largest absolute Gasteiger partial charge is 0.300 e. The second-order valence-electron chi connectivity index (χ2n) is 4.02. The Morgan fingerprint density at radius 1 is 1.36 bits per heavy atom. The van der Waals surface area contributed by atoms with Crippen LogP contribution in [0, 0.1) is 6.92 Å². The monoisotopic (exact) mass is 189 g/mol. The minimum absolute atomic E-state index is 0.412. The van der Waals surface area contributed by atoms with E-state index in [0.717, 1.165) is 25.7 Å². The van der Waals surface area contributed by atoms with Crippen molar-refractivity contribution >= 4 is 5.78 Å². The lowest BCUT2D eigenvalue weighted by atomic mass is 9.84. The van der Waals surface area contributed by atoms with Crippen molar-refractivity contribution in [2.75, 3.05) is 0 Å². The van der Waals surface area contributed by atoms with Crippen molar-refractivity contribution in [3.8, 4) is 0 Å². The summed E-state index contributed by atoms with van der Waals surface area (Å²) >= 11 is 0. The van der Waals surface area contributed by atoms with E-state index >= 15 is 0 Å². The van der Waals surface area contributed by atoms with Gasteiger partial charge in [-0.1, -0.05) is 6.07 Å². The molecule has 2 heteroatoms. The number of hydrogen-bond donors (Lipinski definition) is 0. The predicted octanol–water partition coefficient (Wildman–Crippen LogP) is 2.62. The van der Waals surface area contributed by atoms with Crippen molar-refractivity contribution in [2.45, 2.75) is 38.5 Å². The molecule has 1 fully saturated rings. The number of hydrogen-bond acceptors (Lipinski definition) is 2. The van der Waals surface area contributed by atoms with E-state index in [0.29, 0.717) is 11.7 Å². The number of Topliss-reactive ketones (excluding diaryl/α,β-unsaturated/α-hetero) is 1. The molecule has 1 heterocycles. The van der Waals surface area contributed by atoms with Gasteiger partial charge in [0.1, 0.15) is 5.78 Å². The fraction of sp³-hybridized carbons (Fsp3) is 0.500. The van der Waals surface area contributed by atoms with E-state index in [4.69, 9.17) is 0 Å². The molecule has 0 radical (unpaired) electrons. The quantitative estimate of drug-likeness (QED) is 0.679. The van der Waals surface area contributed by atoms with Crippen LogP contribution in [0.5, 0.6) is 0 Å². The van der Waals surface area contributed by atoms with Crippen molar-refractivity contribution in [2.24, 2.45) is 0 Å². The highest BCUT2D eigenvalue weighted by Crippen LogP contribution is 2.31. The number of pyridine rings is 1. The van der Waals surface area contributed by atoms with Crippen molar-refractivity contribution in [3.63, 3.8) is 0 Å². The van der Waals surface area contributed by atoms with Crippen LogP contribution in [0.3, 0.4) is 0 Å². The Labute approximate surface area is 84.4 Å². The zero-order chi connectivity index (χ0) is 9.97. The normalized spacial score (nSPS) is 18.5. The number of carbonyl (C=O) groups excluding carboxylic acids is 1. The lowest BCUT2D eigenvalue weighted by Gasteiger charge is -2.21. The maximum absolute atomic E-state index is 11.1. The Morgan fingerprint density at radius 3 is 2.71 bits per heavy atom. The summed E-state index contributed by atoms with van der Waals surface area (Å²) in [6, 6.07) is 4.06. The van der Waals surface area contributed by atoms with Crippen LogP contribution >= 0.6 is 0 Å². The van der Waals surface area contributed by atoms with Gasteiger partial charge in [-0.25, -0.2) is 0 Å². The van der Waals surface area contributed by atoms with Crippen LogP contribution in [-0.2, 0) is 4.79 Å². The van der Waals surface area contributed by atoms with Gasteiger partial charge in [-0.2, -0.15) is 0 Å². The van der Waals surface area contributed by atoms with E-state index < -0.39 is 0 Å². The third kappa shape index (κ3) is 1.84. The second-order valence-corrected chi connectivity index (χ2v) is 4.02. The number of rotatable bonds is 1. The molecule has 14 heavy (non-hydrogen) atoms. The summed E-state index contributed by atoms with van der Waals surface area (Å²) in [5, 5.41) is 0. The van der Waals surface area contributed by atoms with Crippen molar-refractivity contribution in [3.05, 3.63) is 29.6 Å². The summed E-state index contributed by atoms with van der Waals surface area (Å²) < 4.78 is 0. The fourth-order valence-electron chi connectivity index (χ4n) is 2.14. The Balaban J connectivity index is 2.16. The molecule has 1 saturated carbocycles. The molecule has 0 N–H and O–H groups in total. The minimum atomic E-state index is 0.412. The maximum Gasteiger partial charge on any atom is 0.132 e. The van der Waals surface area contributed by atoms with Crippen LogP contribution in [0.25, 0.3) is 0 Å². The van der Waals surface area contributed by atoms with Crippen LogP contribution < -0.4 is 0 Å². The van der Waals surface area contributed by atoms with Crippen LogP contribution in [0.4, 0.5) is 0 Å².